The van der Waals surface area contributed by atoms with E-state index in [0.29, 0.717) is 11.8 Å². The molecule has 2 atom stereocenters. The molecule has 8 aromatic carbocycles. The number of nitrogens with zero attached hydrogens (tertiary/aromatic N) is 1. The highest BCUT2D eigenvalue weighted by Crippen LogP contribution is 2.66. The SMILES string of the molecule is C1=CC2c3ccc(-c4ccc(N(c5ccc(-c6ccccc6)cc5)c5ccc(-c6ccccc6)cc5)cc4)cc3C3(c4ccccc4-c4ccccc43)C2CC1. The van der Waals surface area contributed by atoms with Gasteiger partial charge in [0, 0.05) is 23.0 Å². The second-order valence-electron chi connectivity index (χ2n) is 15.5. The van der Waals surface area contributed by atoms with Crippen molar-refractivity contribution in [2.75, 3.05) is 4.90 Å². The van der Waals surface area contributed by atoms with Crippen LogP contribution in [0.5, 0.6) is 0 Å². The average Bonchev–Trinajstić information content (AvgIpc) is 3.75. The van der Waals surface area contributed by atoms with Gasteiger partial charge in [0.25, 0.3) is 0 Å². The first-order chi connectivity index (χ1) is 27.8. The first-order valence-electron chi connectivity index (χ1n) is 20.0. The Morgan fingerprint density at radius 1 is 0.393 bits per heavy atom. The molecule has 0 radical (unpaired) electrons. The Balaban J connectivity index is 1.00. The molecule has 1 nitrogen and oxygen atoms in total. The largest absolute Gasteiger partial charge is 0.311 e. The number of hydrogen-bond acceptors (Lipinski definition) is 1. The summed E-state index contributed by atoms with van der Waals surface area (Å²) < 4.78 is 0. The van der Waals surface area contributed by atoms with E-state index < -0.39 is 0 Å². The van der Waals surface area contributed by atoms with Gasteiger partial charge in [-0.2, -0.15) is 0 Å². The Morgan fingerprint density at radius 2 is 0.821 bits per heavy atom. The molecule has 1 heteroatoms. The van der Waals surface area contributed by atoms with E-state index in [-0.39, 0.29) is 5.41 Å². The fraction of sp³-hybridized carbons (Fsp3) is 0.0909. The molecule has 11 rings (SSSR count). The molecule has 0 heterocycles. The standard InChI is InChI=1S/C55H41N/c1-3-13-38(14-4-1)40-23-30-44(31-24-40)56(45-32-25-41(26-33-45)39-15-5-2-6-16-39)46-34-27-42(28-35-46)43-29-36-50-49-19-9-12-22-53(49)55(54(50)37-43)51-20-10-7-17-47(51)48-18-8-11-21-52(48)55/h1-11,13-21,23-37,49,53H,12,22H2. The maximum absolute atomic E-state index is 2.54. The van der Waals surface area contributed by atoms with Crippen molar-refractivity contribution in [3.63, 3.8) is 0 Å². The van der Waals surface area contributed by atoms with Crippen molar-refractivity contribution < 1.29 is 0 Å². The van der Waals surface area contributed by atoms with Crippen LogP contribution in [0.2, 0.25) is 0 Å². The molecule has 0 fully saturated rings. The summed E-state index contributed by atoms with van der Waals surface area (Å²) >= 11 is 0. The van der Waals surface area contributed by atoms with E-state index in [1.54, 1.807) is 0 Å². The normalized spacial score (nSPS) is 16.9. The molecule has 0 aromatic heterocycles. The van der Waals surface area contributed by atoms with Gasteiger partial charge in [0.05, 0.1) is 5.41 Å². The van der Waals surface area contributed by atoms with Crippen LogP contribution in [0.25, 0.3) is 44.5 Å². The van der Waals surface area contributed by atoms with Gasteiger partial charge in [-0.15, -0.1) is 0 Å². The van der Waals surface area contributed by atoms with Crippen LogP contribution < -0.4 is 4.90 Å². The highest BCUT2D eigenvalue weighted by atomic mass is 15.1. The molecule has 0 N–H and O–H groups in total. The highest BCUT2D eigenvalue weighted by Gasteiger charge is 2.57. The fourth-order valence-electron chi connectivity index (χ4n) is 10.3. The minimum Gasteiger partial charge on any atom is -0.311 e. The molecule has 0 amide bonds. The van der Waals surface area contributed by atoms with E-state index in [2.05, 4.69) is 217 Å². The number of allylic oxidation sites excluding steroid dienone is 2. The molecule has 2 unspecified atom stereocenters. The Kier molecular flexibility index (Phi) is 7.74. The third kappa shape index (κ3) is 5.08. The van der Waals surface area contributed by atoms with E-state index in [0.717, 1.165) is 23.5 Å². The van der Waals surface area contributed by atoms with Gasteiger partial charge in [-0.3, -0.25) is 0 Å². The summed E-state index contributed by atoms with van der Waals surface area (Å²) in [5, 5.41) is 0. The lowest BCUT2D eigenvalue weighted by atomic mass is 9.64. The molecule has 0 saturated carbocycles. The number of anilines is 3. The molecule has 8 aromatic rings. The van der Waals surface area contributed by atoms with Crippen LogP contribution in [0.4, 0.5) is 17.1 Å². The summed E-state index contributed by atoms with van der Waals surface area (Å²) in [5.41, 5.74) is 19.3. The van der Waals surface area contributed by atoms with Gasteiger partial charge in [-0.1, -0.05) is 170 Å². The summed E-state index contributed by atoms with van der Waals surface area (Å²) in [5.74, 6) is 0.921. The second-order valence-corrected chi connectivity index (χ2v) is 15.5. The second kappa shape index (κ2) is 13.3. The number of fused-ring (bicyclic) bond motifs is 10. The van der Waals surface area contributed by atoms with Crippen molar-refractivity contribution in [3.8, 4) is 44.5 Å². The van der Waals surface area contributed by atoms with Crippen molar-refractivity contribution in [2.24, 2.45) is 5.92 Å². The topological polar surface area (TPSA) is 3.24 Å². The molecule has 3 aliphatic rings. The van der Waals surface area contributed by atoms with Gasteiger partial charge >= 0.3 is 0 Å². The van der Waals surface area contributed by atoms with E-state index >= 15 is 0 Å². The van der Waals surface area contributed by atoms with Gasteiger partial charge in [-0.05, 0) is 128 Å². The first-order valence-corrected chi connectivity index (χ1v) is 20.0. The lowest BCUT2D eigenvalue weighted by Gasteiger charge is -2.38. The zero-order valence-corrected chi connectivity index (χ0v) is 31.2. The van der Waals surface area contributed by atoms with E-state index in [4.69, 9.17) is 0 Å². The van der Waals surface area contributed by atoms with Gasteiger partial charge in [0.2, 0.25) is 0 Å². The van der Waals surface area contributed by atoms with Crippen LogP contribution in [-0.2, 0) is 5.41 Å². The van der Waals surface area contributed by atoms with Gasteiger partial charge in [0.1, 0.15) is 0 Å². The number of benzene rings is 8. The molecule has 56 heavy (non-hydrogen) atoms. The quantitative estimate of drug-likeness (QED) is 0.155. The van der Waals surface area contributed by atoms with Crippen LogP contribution in [-0.4, -0.2) is 0 Å². The Morgan fingerprint density at radius 3 is 1.34 bits per heavy atom. The summed E-state index contributed by atoms with van der Waals surface area (Å²) in [7, 11) is 0. The van der Waals surface area contributed by atoms with Gasteiger partial charge in [0.15, 0.2) is 0 Å². The molecule has 3 aliphatic carbocycles. The Labute approximate surface area is 329 Å². The van der Waals surface area contributed by atoms with Crippen molar-refractivity contribution in [1.82, 2.24) is 0 Å². The molecule has 0 bridgehead atoms. The summed E-state index contributed by atoms with van der Waals surface area (Å²) in [6.07, 6.45) is 7.25. The van der Waals surface area contributed by atoms with Crippen LogP contribution >= 0.6 is 0 Å². The first kappa shape index (κ1) is 32.7. The predicted octanol–water partition coefficient (Wildman–Crippen LogP) is 14.5. The number of rotatable bonds is 6. The van der Waals surface area contributed by atoms with Crippen molar-refractivity contribution in [3.05, 3.63) is 235 Å². The number of hydrogen-bond donors (Lipinski definition) is 0. The van der Waals surface area contributed by atoms with Crippen molar-refractivity contribution in [1.29, 1.82) is 0 Å². The molecule has 0 aliphatic heterocycles. The maximum Gasteiger partial charge on any atom is 0.0503 e. The van der Waals surface area contributed by atoms with Crippen molar-refractivity contribution in [2.45, 2.75) is 24.2 Å². The average molecular weight is 716 g/mol. The lowest BCUT2D eigenvalue weighted by Crippen LogP contribution is -2.34. The van der Waals surface area contributed by atoms with E-state index in [1.807, 2.05) is 0 Å². The lowest BCUT2D eigenvalue weighted by molar-refractivity contribution is 0.351. The Bertz CT molecular complexity index is 2600. The molecular weight excluding hydrogens is 675 g/mol. The smallest absolute Gasteiger partial charge is 0.0503 e. The zero-order valence-electron chi connectivity index (χ0n) is 31.2. The summed E-state index contributed by atoms with van der Waals surface area (Å²) in [6.45, 7) is 0. The van der Waals surface area contributed by atoms with E-state index in [9.17, 15) is 0 Å². The van der Waals surface area contributed by atoms with Gasteiger partial charge in [-0.25, -0.2) is 0 Å². The molecule has 1 spiro atoms. The monoisotopic (exact) mass is 715 g/mol. The van der Waals surface area contributed by atoms with Crippen molar-refractivity contribution >= 4 is 17.1 Å². The fourth-order valence-corrected chi connectivity index (χ4v) is 10.3. The summed E-state index contributed by atoms with van der Waals surface area (Å²) in [4.78, 5) is 2.37. The van der Waals surface area contributed by atoms with E-state index in [1.165, 1.54) is 73.2 Å². The van der Waals surface area contributed by atoms with Crippen LogP contribution in [0.15, 0.2) is 212 Å². The minimum atomic E-state index is -0.150. The molecule has 266 valence electrons. The van der Waals surface area contributed by atoms with Crippen LogP contribution in [0.1, 0.15) is 41.0 Å². The van der Waals surface area contributed by atoms with Crippen LogP contribution in [0.3, 0.4) is 0 Å². The zero-order chi connectivity index (χ0) is 37.1. The van der Waals surface area contributed by atoms with Gasteiger partial charge < -0.3 is 4.90 Å². The third-order valence-electron chi connectivity index (χ3n) is 12.7. The molecular formula is C55H41N. The Hall–Kier alpha value is -6.70. The molecule has 0 saturated heterocycles. The summed E-state index contributed by atoms with van der Waals surface area (Å²) in [6, 6.07) is 74.1. The third-order valence-corrected chi connectivity index (χ3v) is 12.7. The predicted molar refractivity (Wildman–Crippen MR) is 234 cm³/mol. The van der Waals surface area contributed by atoms with Crippen LogP contribution in [0, 0.1) is 5.92 Å². The minimum absolute atomic E-state index is 0.150. The highest BCUT2D eigenvalue weighted by molar-refractivity contribution is 5.87. The maximum atomic E-state index is 2.54.